The lowest BCUT2D eigenvalue weighted by Crippen LogP contribution is -2.50. The van der Waals surface area contributed by atoms with E-state index in [1.165, 1.54) is 0 Å². The molecule has 0 aromatic carbocycles. The summed E-state index contributed by atoms with van der Waals surface area (Å²) in [4.78, 5) is 30.4. The first-order chi connectivity index (χ1) is 9.22. The number of hydrogen-bond donors (Lipinski definition) is 4. The predicted octanol–water partition coefficient (Wildman–Crippen LogP) is -1.18. The molecule has 2 aliphatic heterocycles. The average Bonchev–Trinajstić information content (AvgIpc) is 3.03. The van der Waals surface area contributed by atoms with Gasteiger partial charge in [0.25, 0.3) is 0 Å². The van der Waals surface area contributed by atoms with Crippen LogP contribution >= 0.6 is 0 Å². The molecule has 2 aliphatic rings. The van der Waals surface area contributed by atoms with Crippen molar-refractivity contribution in [2.24, 2.45) is 0 Å². The molecule has 0 bridgehead atoms. The maximum Gasteiger partial charge on any atom is 0.237 e. The maximum atomic E-state index is 12.0. The van der Waals surface area contributed by atoms with Gasteiger partial charge in [0.05, 0.1) is 23.8 Å². The van der Waals surface area contributed by atoms with Gasteiger partial charge in [-0.1, -0.05) is 0 Å². The zero-order chi connectivity index (χ0) is 13.2. The summed E-state index contributed by atoms with van der Waals surface area (Å²) in [7, 11) is 0. The van der Waals surface area contributed by atoms with E-state index in [4.69, 9.17) is 0 Å². The highest BCUT2D eigenvalue weighted by molar-refractivity contribution is 5.82. The molecule has 1 aromatic rings. The van der Waals surface area contributed by atoms with Crippen LogP contribution in [0.2, 0.25) is 0 Å². The number of nitrogens with one attached hydrogen (secondary N) is 4. The monoisotopic (exact) mass is 263 g/mol. The van der Waals surface area contributed by atoms with Crippen LogP contribution in [0.4, 0.5) is 0 Å². The Kier molecular flexibility index (Phi) is 3.20. The van der Waals surface area contributed by atoms with Gasteiger partial charge in [-0.05, 0) is 6.42 Å². The Hall–Kier alpha value is -1.89. The second-order valence-electron chi connectivity index (χ2n) is 5.01. The number of imidazole rings is 1. The number of nitrogens with zero attached hydrogens (tertiary/aromatic N) is 1. The number of carbonyl (C=O) groups is 2. The molecule has 3 rings (SSSR count). The van der Waals surface area contributed by atoms with Crippen molar-refractivity contribution < 1.29 is 9.59 Å². The summed E-state index contributed by atoms with van der Waals surface area (Å²) in [5.74, 6) is 0.0333. The number of carbonyl (C=O) groups excluding carboxylic acids is 2. The first-order valence-corrected chi connectivity index (χ1v) is 6.54. The van der Waals surface area contributed by atoms with Crippen molar-refractivity contribution in [1.82, 2.24) is 25.9 Å². The Morgan fingerprint density at radius 2 is 2.42 bits per heavy atom. The van der Waals surface area contributed by atoms with Crippen LogP contribution in [-0.4, -0.2) is 40.4 Å². The number of amides is 2. The van der Waals surface area contributed by atoms with Crippen LogP contribution in [-0.2, 0) is 22.6 Å². The van der Waals surface area contributed by atoms with E-state index >= 15 is 0 Å². The van der Waals surface area contributed by atoms with E-state index in [2.05, 4.69) is 25.9 Å². The lowest BCUT2D eigenvalue weighted by Gasteiger charge is -2.23. The Balaban J connectivity index is 1.50. The molecule has 3 heterocycles. The first kappa shape index (κ1) is 12.2. The van der Waals surface area contributed by atoms with E-state index in [1.54, 1.807) is 6.33 Å². The highest BCUT2D eigenvalue weighted by Crippen LogP contribution is 2.12. The standard InChI is InChI=1S/C12H17N5O2/c18-11-2-1-7(17-11)4-14-12(19)9-3-8-10(5-13-9)16-6-15-8/h6-7,9,13H,1-5H2,(H,14,19)(H,15,16)(H,17,18). The van der Waals surface area contributed by atoms with Crippen LogP contribution in [0, 0.1) is 0 Å². The molecule has 19 heavy (non-hydrogen) atoms. The van der Waals surface area contributed by atoms with Crippen molar-refractivity contribution >= 4 is 11.8 Å². The fourth-order valence-corrected chi connectivity index (χ4v) is 2.53. The molecule has 2 amide bonds. The van der Waals surface area contributed by atoms with Crippen molar-refractivity contribution in [2.75, 3.05) is 6.54 Å². The van der Waals surface area contributed by atoms with E-state index in [1.807, 2.05) is 0 Å². The lowest BCUT2D eigenvalue weighted by atomic mass is 10.0. The van der Waals surface area contributed by atoms with Crippen LogP contribution in [0.3, 0.4) is 0 Å². The molecule has 4 N–H and O–H groups in total. The summed E-state index contributed by atoms with van der Waals surface area (Å²) in [6, 6.07) is -0.172. The van der Waals surface area contributed by atoms with Gasteiger partial charge < -0.3 is 15.6 Å². The van der Waals surface area contributed by atoms with Crippen LogP contribution < -0.4 is 16.0 Å². The normalized spacial score (nSPS) is 25.8. The topological polar surface area (TPSA) is 98.9 Å². The van der Waals surface area contributed by atoms with Crippen molar-refractivity contribution in [2.45, 2.75) is 37.9 Å². The highest BCUT2D eigenvalue weighted by Gasteiger charge is 2.27. The minimum atomic E-state index is -0.243. The van der Waals surface area contributed by atoms with Crippen LogP contribution in [0.25, 0.3) is 0 Å². The molecule has 1 aromatic heterocycles. The molecule has 0 radical (unpaired) electrons. The molecule has 2 unspecified atom stereocenters. The Morgan fingerprint density at radius 3 is 3.21 bits per heavy atom. The maximum absolute atomic E-state index is 12.0. The predicted molar refractivity (Wildman–Crippen MR) is 67.1 cm³/mol. The summed E-state index contributed by atoms with van der Waals surface area (Å²) in [6.07, 6.45) is 3.60. The number of aromatic nitrogens is 2. The van der Waals surface area contributed by atoms with Gasteiger partial charge in [-0.2, -0.15) is 0 Å². The largest absolute Gasteiger partial charge is 0.353 e. The summed E-state index contributed by atoms with van der Waals surface area (Å²) in [6.45, 7) is 1.13. The number of H-pyrrole nitrogens is 1. The van der Waals surface area contributed by atoms with E-state index in [9.17, 15) is 9.59 Å². The molecule has 7 heteroatoms. The quantitative estimate of drug-likeness (QED) is 0.551. The molecular weight excluding hydrogens is 246 g/mol. The van der Waals surface area contributed by atoms with Gasteiger partial charge in [-0.3, -0.25) is 14.9 Å². The molecule has 0 aliphatic carbocycles. The highest BCUT2D eigenvalue weighted by atomic mass is 16.2. The third kappa shape index (κ3) is 2.60. The number of rotatable bonds is 3. The molecule has 7 nitrogen and oxygen atoms in total. The molecule has 2 atom stereocenters. The van der Waals surface area contributed by atoms with Crippen molar-refractivity contribution in [3.8, 4) is 0 Å². The van der Waals surface area contributed by atoms with Gasteiger partial charge in [-0.25, -0.2) is 4.98 Å². The smallest absolute Gasteiger partial charge is 0.237 e. The Labute approximate surface area is 110 Å². The molecule has 0 spiro atoms. The molecule has 102 valence electrons. The van der Waals surface area contributed by atoms with Gasteiger partial charge in [-0.15, -0.1) is 0 Å². The molecule has 0 saturated carbocycles. The second-order valence-corrected chi connectivity index (χ2v) is 5.01. The summed E-state index contributed by atoms with van der Waals surface area (Å²) in [5.41, 5.74) is 2.00. The zero-order valence-electron chi connectivity index (χ0n) is 10.5. The zero-order valence-corrected chi connectivity index (χ0v) is 10.5. The van der Waals surface area contributed by atoms with E-state index in [0.717, 1.165) is 17.8 Å². The van der Waals surface area contributed by atoms with Crippen LogP contribution in [0.15, 0.2) is 6.33 Å². The summed E-state index contributed by atoms with van der Waals surface area (Å²) in [5, 5.41) is 8.89. The van der Waals surface area contributed by atoms with Crippen LogP contribution in [0.5, 0.6) is 0 Å². The first-order valence-electron chi connectivity index (χ1n) is 6.54. The van der Waals surface area contributed by atoms with Crippen molar-refractivity contribution in [3.05, 3.63) is 17.7 Å². The van der Waals surface area contributed by atoms with E-state index in [0.29, 0.717) is 25.9 Å². The summed E-state index contributed by atoms with van der Waals surface area (Å²) < 4.78 is 0. The Morgan fingerprint density at radius 1 is 1.53 bits per heavy atom. The van der Waals surface area contributed by atoms with E-state index < -0.39 is 0 Å². The number of hydrogen-bond acceptors (Lipinski definition) is 4. The minimum absolute atomic E-state index is 0.0326. The summed E-state index contributed by atoms with van der Waals surface area (Å²) >= 11 is 0. The number of fused-ring (bicyclic) bond motifs is 1. The lowest BCUT2D eigenvalue weighted by molar-refractivity contribution is -0.124. The van der Waals surface area contributed by atoms with Crippen molar-refractivity contribution in [3.63, 3.8) is 0 Å². The second kappa shape index (κ2) is 5.00. The van der Waals surface area contributed by atoms with Gasteiger partial charge in [0, 0.05) is 32.0 Å². The number of aromatic amines is 1. The third-order valence-electron chi connectivity index (χ3n) is 3.65. The van der Waals surface area contributed by atoms with Gasteiger partial charge in [0.1, 0.15) is 0 Å². The minimum Gasteiger partial charge on any atom is -0.353 e. The fraction of sp³-hybridized carbons (Fsp3) is 0.583. The Bertz CT molecular complexity index is 498. The molecular formula is C12H17N5O2. The van der Waals surface area contributed by atoms with Gasteiger partial charge >= 0.3 is 0 Å². The molecule has 1 fully saturated rings. The van der Waals surface area contributed by atoms with Gasteiger partial charge in [0.15, 0.2) is 0 Å². The fourth-order valence-electron chi connectivity index (χ4n) is 2.53. The average molecular weight is 263 g/mol. The SMILES string of the molecule is O=C1CCC(CNC(=O)C2Cc3nc[nH]c3CN2)N1. The molecule has 1 saturated heterocycles. The van der Waals surface area contributed by atoms with Crippen molar-refractivity contribution in [1.29, 1.82) is 0 Å². The van der Waals surface area contributed by atoms with E-state index in [-0.39, 0.29) is 23.9 Å². The van der Waals surface area contributed by atoms with Crippen LogP contribution in [0.1, 0.15) is 24.2 Å². The van der Waals surface area contributed by atoms with Gasteiger partial charge in [0.2, 0.25) is 11.8 Å². The third-order valence-corrected chi connectivity index (χ3v) is 3.65.